The molecule has 4 atom stereocenters. The van der Waals surface area contributed by atoms with Crippen LogP contribution in [0.3, 0.4) is 0 Å². The molecule has 1 aromatic heterocycles. The van der Waals surface area contributed by atoms with Gasteiger partial charge in [0.25, 0.3) is 0 Å². The highest BCUT2D eigenvalue weighted by atomic mass is 19.4. The van der Waals surface area contributed by atoms with Gasteiger partial charge in [-0.3, -0.25) is 19.5 Å². The molecule has 6 rings (SSSR count). The number of amides is 2. The first-order valence-electron chi connectivity index (χ1n) is 14.7. The van der Waals surface area contributed by atoms with Crippen molar-refractivity contribution >= 4 is 11.8 Å². The Labute approximate surface area is 222 Å². The van der Waals surface area contributed by atoms with Crippen molar-refractivity contribution in [2.75, 3.05) is 26.2 Å². The van der Waals surface area contributed by atoms with Crippen molar-refractivity contribution in [3.8, 4) is 0 Å². The average Bonchev–Trinajstić information content (AvgIpc) is 3.50. The Morgan fingerprint density at radius 2 is 1.74 bits per heavy atom. The van der Waals surface area contributed by atoms with E-state index in [0.717, 1.165) is 90.0 Å². The Kier molecular flexibility index (Phi) is 6.93. The summed E-state index contributed by atoms with van der Waals surface area (Å²) in [4.78, 5) is 38.1. The summed E-state index contributed by atoms with van der Waals surface area (Å²) in [6.45, 7) is 3.34. The van der Waals surface area contributed by atoms with Gasteiger partial charge in [0.2, 0.25) is 11.8 Å². The van der Waals surface area contributed by atoms with Crippen LogP contribution in [0.15, 0.2) is 12.3 Å². The molecule has 2 aliphatic carbocycles. The van der Waals surface area contributed by atoms with Gasteiger partial charge in [-0.05, 0) is 81.9 Å². The van der Waals surface area contributed by atoms with Crippen LogP contribution in [0.25, 0.3) is 0 Å². The van der Waals surface area contributed by atoms with Gasteiger partial charge in [-0.15, -0.1) is 0 Å². The van der Waals surface area contributed by atoms with Crippen molar-refractivity contribution < 1.29 is 22.8 Å². The van der Waals surface area contributed by atoms with Crippen molar-refractivity contribution in [1.29, 1.82) is 0 Å². The minimum absolute atomic E-state index is 0.0773. The Morgan fingerprint density at radius 3 is 2.53 bits per heavy atom. The topological polar surface area (TPSA) is 56.8 Å². The fraction of sp³-hybridized carbons (Fsp3) is 0.759. The number of hydrogen-bond donors (Lipinski definition) is 0. The number of likely N-dealkylation sites (tertiary alicyclic amines) is 2. The number of nitrogens with zero attached hydrogens (tertiary/aromatic N) is 4. The summed E-state index contributed by atoms with van der Waals surface area (Å²) in [5.74, 6) is 0.678. The van der Waals surface area contributed by atoms with E-state index < -0.39 is 17.2 Å². The van der Waals surface area contributed by atoms with E-state index in [0.29, 0.717) is 24.2 Å². The molecule has 0 spiro atoms. The van der Waals surface area contributed by atoms with Gasteiger partial charge in [0.05, 0.1) is 17.0 Å². The third kappa shape index (κ3) is 4.62. The van der Waals surface area contributed by atoms with E-state index in [2.05, 4.69) is 14.8 Å². The molecule has 38 heavy (non-hydrogen) atoms. The lowest BCUT2D eigenvalue weighted by atomic mass is 9.78. The van der Waals surface area contributed by atoms with Gasteiger partial charge in [0.15, 0.2) is 0 Å². The van der Waals surface area contributed by atoms with E-state index in [1.807, 2.05) is 0 Å². The van der Waals surface area contributed by atoms with Gasteiger partial charge < -0.3 is 9.80 Å². The zero-order valence-electron chi connectivity index (χ0n) is 22.1. The number of halogens is 3. The fourth-order valence-corrected chi connectivity index (χ4v) is 8.26. The monoisotopic (exact) mass is 532 g/mol. The maximum atomic E-state index is 14.2. The smallest absolute Gasteiger partial charge is 0.341 e. The quantitative estimate of drug-likeness (QED) is 0.561. The van der Waals surface area contributed by atoms with Crippen LogP contribution in [-0.2, 0) is 28.7 Å². The maximum Gasteiger partial charge on any atom is 0.417 e. The molecule has 2 saturated heterocycles. The lowest BCUT2D eigenvalue weighted by molar-refractivity contribution is -0.145. The first-order chi connectivity index (χ1) is 18.3. The minimum atomic E-state index is -4.45. The molecule has 9 heteroatoms. The van der Waals surface area contributed by atoms with Gasteiger partial charge in [-0.25, -0.2) is 0 Å². The van der Waals surface area contributed by atoms with E-state index in [4.69, 9.17) is 0 Å². The lowest BCUT2D eigenvalue weighted by Crippen LogP contribution is -2.55. The molecular weight excluding hydrogens is 493 g/mol. The number of aromatic nitrogens is 1. The second-order valence-electron chi connectivity index (χ2n) is 12.3. The normalized spacial score (nSPS) is 32.2. The molecule has 0 bridgehead atoms. The van der Waals surface area contributed by atoms with Crippen molar-refractivity contribution in [1.82, 2.24) is 19.7 Å². The highest BCUT2D eigenvalue weighted by molar-refractivity contribution is 5.85. The molecule has 2 amide bonds. The van der Waals surface area contributed by atoms with Crippen LogP contribution in [0, 0.1) is 11.3 Å². The molecule has 0 radical (unpaired) electrons. The van der Waals surface area contributed by atoms with E-state index in [9.17, 15) is 22.8 Å². The molecule has 5 aliphatic rings. The number of pyridine rings is 1. The molecule has 4 fully saturated rings. The van der Waals surface area contributed by atoms with Crippen LogP contribution in [-0.4, -0.2) is 69.8 Å². The SMILES string of the molecule is O=C(C1CCCCN1C1CC2CCCC2(C(=O)N2CCc3ncc(C(F)(F)F)cc3C2)C1)N1CCCCC1. The lowest BCUT2D eigenvalue weighted by Gasteiger charge is -2.42. The summed E-state index contributed by atoms with van der Waals surface area (Å²) < 4.78 is 39.9. The number of carbonyl (C=O) groups is 2. The standard InChI is InChI=1S/C29H39F3N4O2/c30-29(31,32)22-15-20-19-35(14-9-24(20)33-18-22)27(38)28-10-6-7-21(28)16-23(17-28)36-13-5-2-8-25(36)26(37)34-11-3-1-4-12-34/h15,18,21,23,25H,1-14,16-17,19H2. The van der Waals surface area contributed by atoms with Crippen molar-refractivity contribution in [3.05, 3.63) is 29.1 Å². The summed E-state index contributed by atoms with van der Waals surface area (Å²) in [5, 5.41) is 0. The van der Waals surface area contributed by atoms with E-state index in [1.165, 1.54) is 12.5 Å². The molecule has 208 valence electrons. The molecule has 2 saturated carbocycles. The van der Waals surface area contributed by atoms with Gasteiger partial charge in [-0.2, -0.15) is 13.2 Å². The number of rotatable bonds is 3. The van der Waals surface area contributed by atoms with Crippen molar-refractivity contribution in [2.45, 2.75) is 102 Å². The highest BCUT2D eigenvalue weighted by Crippen LogP contribution is 2.57. The first kappa shape index (κ1) is 26.1. The highest BCUT2D eigenvalue weighted by Gasteiger charge is 2.58. The fourth-order valence-electron chi connectivity index (χ4n) is 8.26. The van der Waals surface area contributed by atoms with E-state index in [1.54, 1.807) is 4.90 Å². The van der Waals surface area contributed by atoms with Crippen LogP contribution < -0.4 is 0 Å². The Balaban J connectivity index is 1.20. The van der Waals surface area contributed by atoms with Gasteiger partial charge >= 0.3 is 6.18 Å². The Hall–Kier alpha value is -2.16. The predicted molar refractivity (Wildman–Crippen MR) is 136 cm³/mol. The number of alkyl halides is 3. The van der Waals surface area contributed by atoms with Gasteiger partial charge in [0, 0.05) is 50.5 Å². The Bertz CT molecular complexity index is 1070. The summed E-state index contributed by atoms with van der Waals surface area (Å²) in [5.41, 5.74) is -0.0202. The third-order valence-corrected chi connectivity index (χ3v) is 10.2. The van der Waals surface area contributed by atoms with Crippen LogP contribution in [0.1, 0.15) is 87.4 Å². The van der Waals surface area contributed by atoms with Gasteiger partial charge in [-0.1, -0.05) is 12.8 Å². The van der Waals surface area contributed by atoms with E-state index >= 15 is 0 Å². The second-order valence-corrected chi connectivity index (χ2v) is 12.3. The number of hydrogen-bond acceptors (Lipinski definition) is 4. The Morgan fingerprint density at radius 1 is 0.947 bits per heavy atom. The zero-order valence-corrected chi connectivity index (χ0v) is 22.1. The number of fused-ring (bicyclic) bond motifs is 2. The number of carbonyl (C=O) groups excluding carboxylic acids is 2. The summed E-state index contributed by atoms with van der Waals surface area (Å²) in [7, 11) is 0. The molecule has 6 nitrogen and oxygen atoms in total. The first-order valence-corrected chi connectivity index (χ1v) is 14.7. The van der Waals surface area contributed by atoms with Crippen LogP contribution >= 0.6 is 0 Å². The summed E-state index contributed by atoms with van der Waals surface area (Å²) in [6.07, 6.45) is 7.96. The van der Waals surface area contributed by atoms with Gasteiger partial charge in [0.1, 0.15) is 0 Å². The maximum absolute atomic E-state index is 14.2. The van der Waals surface area contributed by atoms with E-state index in [-0.39, 0.29) is 36.4 Å². The zero-order chi connectivity index (χ0) is 26.5. The molecule has 0 N–H and O–H groups in total. The second kappa shape index (κ2) is 10.1. The molecule has 4 unspecified atom stereocenters. The van der Waals surface area contributed by atoms with Crippen molar-refractivity contribution in [3.63, 3.8) is 0 Å². The predicted octanol–water partition coefficient (Wildman–Crippen LogP) is 4.80. The summed E-state index contributed by atoms with van der Waals surface area (Å²) in [6, 6.07) is 1.32. The number of piperidine rings is 2. The largest absolute Gasteiger partial charge is 0.417 e. The molecule has 1 aromatic rings. The van der Waals surface area contributed by atoms with Crippen LogP contribution in [0.2, 0.25) is 0 Å². The third-order valence-electron chi connectivity index (χ3n) is 10.2. The minimum Gasteiger partial charge on any atom is -0.341 e. The van der Waals surface area contributed by atoms with Crippen LogP contribution in [0.4, 0.5) is 13.2 Å². The molecule has 0 aromatic carbocycles. The molecular formula is C29H39F3N4O2. The summed E-state index contributed by atoms with van der Waals surface area (Å²) >= 11 is 0. The molecule has 3 aliphatic heterocycles. The molecule has 4 heterocycles. The van der Waals surface area contributed by atoms with Crippen LogP contribution in [0.5, 0.6) is 0 Å². The average molecular weight is 533 g/mol. The van der Waals surface area contributed by atoms with Crippen molar-refractivity contribution in [2.24, 2.45) is 11.3 Å².